The van der Waals surface area contributed by atoms with Crippen molar-refractivity contribution in [1.29, 1.82) is 0 Å². The molecular weight excluding hydrogens is 324 g/mol. The maximum absolute atomic E-state index is 4.50. The summed E-state index contributed by atoms with van der Waals surface area (Å²) in [6, 6.07) is 16.0. The van der Waals surface area contributed by atoms with E-state index < -0.39 is 0 Å². The van der Waals surface area contributed by atoms with Crippen molar-refractivity contribution in [3.63, 3.8) is 0 Å². The van der Waals surface area contributed by atoms with Gasteiger partial charge in [-0.05, 0) is 72.4 Å². The van der Waals surface area contributed by atoms with E-state index >= 15 is 0 Å². The van der Waals surface area contributed by atoms with Gasteiger partial charge in [-0.1, -0.05) is 85.7 Å². The molecule has 3 aliphatic carbocycles. The van der Waals surface area contributed by atoms with Crippen molar-refractivity contribution in [2.24, 2.45) is 5.92 Å². The molecule has 0 spiro atoms. The van der Waals surface area contributed by atoms with Crippen LogP contribution in [0.15, 0.2) is 71.8 Å². The van der Waals surface area contributed by atoms with Crippen molar-refractivity contribution in [2.75, 3.05) is 0 Å². The van der Waals surface area contributed by atoms with Crippen LogP contribution in [0.3, 0.4) is 0 Å². The molecule has 0 aliphatic heterocycles. The molecule has 138 valence electrons. The Hall–Kier alpha value is -2.34. The van der Waals surface area contributed by atoms with E-state index in [1.165, 1.54) is 45.4 Å². The molecule has 0 aromatic heterocycles. The van der Waals surface area contributed by atoms with Gasteiger partial charge in [0.2, 0.25) is 0 Å². The van der Waals surface area contributed by atoms with Gasteiger partial charge in [0.05, 0.1) is 0 Å². The van der Waals surface area contributed by atoms with Crippen LogP contribution < -0.4 is 0 Å². The van der Waals surface area contributed by atoms with Crippen molar-refractivity contribution < 1.29 is 0 Å². The second kappa shape index (κ2) is 7.00. The molecule has 0 radical (unpaired) electrons. The number of rotatable bonds is 0. The van der Waals surface area contributed by atoms with Gasteiger partial charge in [0.15, 0.2) is 0 Å². The van der Waals surface area contributed by atoms with Crippen LogP contribution in [-0.2, 0) is 6.42 Å². The molecular formula is C27H30. The van der Waals surface area contributed by atoms with E-state index in [1.54, 1.807) is 11.1 Å². The summed E-state index contributed by atoms with van der Waals surface area (Å²) in [4.78, 5) is 0. The lowest BCUT2D eigenvalue weighted by Crippen LogP contribution is -2.24. The van der Waals surface area contributed by atoms with Crippen molar-refractivity contribution in [3.05, 3.63) is 99.7 Å². The highest BCUT2D eigenvalue weighted by atomic mass is 14.4. The second-order valence-corrected chi connectivity index (χ2v) is 8.05. The van der Waals surface area contributed by atoms with Crippen LogP contribution in [0, 0.1) is 12.8 Å². The molecule has 2 aromatic rings. The minimum Gasteiger partial charge on any atom is -0.0952 e. The molecule has 3 aliphatic rings. The van der Waals surface area contributed by atoms with Gasteiger partial charge < -0.3 is 0 Å². The fourth-order valence-corrected chi connectivity index (χ4v) is 5.10. The van der Waals surface area contributed by atoms with Crippen LogP contribution >= 0.6 is 0 Å². The van der Waals surface area contributed by atoms with Gasteiger partial charge in [-0.3, -0.25) is 0 Å². The number of benzene rings is 2. The Kier molecular flexibility index (Phi) is 4.68. The van der Waals surface area contributed by atoms with E-state index in [-0.39, 0.29) is 0 Å². The number of aryl methyl sites for hydroxylation is 1. The normalized spacial score (nSPS) is 22.5. The summed E-state index contributed by atoms with van der Waals surface area (Å²) in [7, 11) is 0. The molecule has 0 heteroatoms. The van der Waals surface area contributed by atoms with E-state index in [0.29, 0.717) is 11.8 Å². The SMILES string of the molecule is C=C1C[C@@H]2CC3=C(C=C2C)Cc2ccccc2C3c2ccc(C)cc21.CC. The summed E-state index contributed by atoms with van der Waals surface area (Å²) < 4.78 is 0. The predicted octanol–water partition coefficient (Wildman–Crippen LogP) is 7.39. The fraction of sp³-hybridized carbons (Fsp3) is 0.333. The summed E-state index contributed by atoms with van der Waals surface area (Å²) in [6.45, 7) is 13.0. The molecule has 0 saturated carbocycles. The largest absolute Gasteiger partial charge is 0.0952 e. The maximum Gasteiger partial charge on any atom is 0.0313 e. The van der Waals surface area contributed by atoms with Gasteiger partial charge in [0.25, 0.3) is 0 Å². The van der Waals surface area contributed by atoms with Crippen molar-refractivity contribution in [2.45, 2.75) is 52.9 Å². The van der Waals surface area contributed by atoms with Gasteiger partial charge in [-0.15, -0.1) is 0 Å². The van der Waals surface area contributed by atoms with Gasteiger partial charge in [0.1, 0.15) is 0 Å². The van der Waals surface area contributed by atoms with Crippen LogP contribution in [0.25, 0.3) is 5.57 Å². The van der Waals surface area contributed by atoms with Crippen LogP contribution in [0.2, 0.25) is 0 Å². The molecule has 0 heterocycles. The number of allylic oxidation sites excluding steroid dienone is 5. The molecule has 0 saturated heterocycles. The Morgan fingerprint density at radius 3 is 2.52 bits per heavy atom. The second-order valence-electron chi connectivity index (χ2n) is 8.05. The first kappa shape index (κ1) is 18.0. The van der Waals surface area contributed by atoms with E-state index in [4.69, 9.17) is 0 Å². The lowest BCUT2D eigenvalue weighted by Gasteiger charge is -2.39. The van der Waals surface area contributed by atoms with Gasteiger partial charge in [-0.2, -0.15) is 0 Å². The van der Waals surface area contributed by atoms with Gasteiger partial charge in [0, 0.05) is 5.92 Å². The highest BCUT2D eigenvalue weighted by Gasteiger charge is 2.36. The molecule has 2 aromatic carbocycles. The predicted molar refractivity (Wildman–Crippen MR) is 117 cm³/mol. The standard InChI is InChI=1S/C25H24.C2H6/c1-15-8-9-22-23(10-15)17(3)12-19-14-24-20(11-16(19)2)13-18-6-4-5-7-21(18)25(22)24;1-2/h4-11,19,25H,3,12-14H2,1-2H3;1-2H3/t19-,25?;/m1./s1. The summed E-state index contributed by atoms with van der Waals surface area (Å²) in [5.74, 6) is 1.02. The zero-order valence-corrected chi connectivity index (χ0v) is 17.1. The summed E-state index contributed by atoms with van der Waals surface area (Å²) in [6.07, 6.45) is 5.86. The van der Waals surface area contributed by atoms with Gasteiger partial charge in [-0.25, -0.2) is 0 Å². The van der Waals surface area contributed by atoms with Gasteiger partial charge >= 0.3 is 0 Å². The smallest absolute Gasteiger partial charge is 0.0313 e. The first-order valence-corrected chi connectivity index (χ1v) is 10.4. The Labute approximate surface area is 164 Å². The zero-order chi connectivity index (χ0) is 19.1. The van der Waals surface area contributed by atoms with E-state index in [2.05, 4.69) is 69.0 Å². The summed E-state index contributed by atoms with van der Waals surface area (Å²) in [5.41, 5.74) is 13.2. The first-order valence-electron chi connectivity index (χ1n) is 10.4. The highest BCUT2D eigenvalue weighted by molar-refractivity contribution is 5.72. The topological polar surface area (TPSA) is 0 Å². The molecule has 0 nitrogen and oxygen atoms in total. The Morgan fingerprint density at radius 2 is 1.70 bits per heavy atom. The molecule has 0 amide bonds. The quantitative estimate of drug-likeness (QED) is 0.462. The molecule has 0 fully saturated rings. The third kappa shape index (κ3) is 2.92. The zero-order valence-electron chi connectivity index (χ0n) is 17.1. The Morgan fingerprint density at radius 1 is 0.926 bits per heavy atom. The first-order chi connectivity index (χ1) is 13.1. The minimum absolute atomic E-state index is 0.402. The average molecular weight is 355 g/mol. The molecule has 27 heavy (non-hydrogen) atoms. The third-order valence-corrected chi connectivity index (χ3v) is 6.41. The Bertz CT molecular complexity index is 967. The maximum atomic E-state index is 4.50. The average Bonchev–Trinajstić information content (AvgIpc) is 2.68. The summed E-state index contributed by atoms with van der Waals surface area (Å²) in [5, 5.41) is 0. The third-order valence-electron chi connectivity index (χ3n) is 6.41. The number of hydrogen-bond acceptors (Lipinski definition) is 0. The van der Waals surface area contributed by atoms with E-state index in [9.17, 15) is 0 Å². The van der Waals surface area contributed by atoms with E-state index in [1.807, 2.05) is 13.8 Å². The lowest BCUT2D eigenvalue weighted by molar-refractivity contribution is 0.573. The van der Waals surface area contributed by atoms with Crippen LogP contribution in [0.1, 0.15) is 67.3 Å². The number of hydrogen-bond donors (Lipinski definition) is 0. The molecule has 2 bridgehead atoms. The van der Waals surface area contributed by atoms with E-state index in [0.717, 1.165) is 12.8 Å². The van der Waals surface area contributed by atoms with Crippen LogP contribution in [0.4, 0.5) is 0 Å². The van der Waals surface area contributed by atoms with Crippen molar-refractivity contribution in [3.8, 4) is 0 Å². The minimum atomic E-state index is 0.402. The molecule has 5 rings (SSSR count). The molecule has 0 N–H and O–H groups in total. The summed E-state index contributed by atoms with van der Waals surface area (Å²) >= 11 is 0. The highest BCUT2D eigenvalue weighted by Crippen LogP contribution is 2.51. The molecule has 1 unspecified atom stereocenters. The Balaban J connectivity index is 0.000000872. The van der Waals surface area contributed by atoms with Crippen molar-refractivity contribution in [1.82, 2.24) is 0 Å². The molecule has 2 atom stereocenters. The van der Waals surface area contributed by atoms with Crippen molar-refractivity contribution >= 4 is 5.57 Å². The fourth-order valence-electron chi connectivity index (χ4n) is 5.10. The monoisotopic (exact) mass is 354 g/mol. The van der Waals surface area contributed by atoms with Crippen LogP contribution in [-0.4, -0.2) is 0 Å². The lowest BCUT2D eigenvalue weighted by atomic mass is 9.65. The van der Waals surface area contributed by atoms with Crippen LogP contribution in [0.5, 0.6) is 0 Å². The number of fused-ring (bicyclic) bond motifs is 5.